The van der Waals surface area contributed by atoms with Crippen LogP contribution in [0.15, 0.2) is 46.2 Å². The molecule has 144 valence electrons. The largest absolute Gasteiger partial charge is 0.299 e. The third-order valence-electron chi connectivity index (χ3n) is 4.45. The van der Waals surface area contributed by atoms with Crippen molar-refractivity contribution in [3.05, 3.63) is 57.2 Å². The van der Waals surface area contributed by atoms with Gasteiger partial charge in [0.05, 0.1) is 5.69 Å². The van der Waals surface area contributed by atoms with Crippen molar-refractivity contribution in [2.24, 2.45) is 0 Å². The minimum absolute atomic E-state index is 0.297. The molecule has 0 fully saturated rings. The molecule has 0 N–H and O–H groups in total. The van der Waals surface area contributed by atoms with Crippen molar-refractivity contribution >= 4 is 34.4 Å². The molecule has 0 spiro atoms. The van der Waals surface area contributed by atoms with Gasteiger partial charge in [0.2, 0.25) is 0 Å². The number of rotatable bonds is 6. The van der Waals surface area contributed by atoms with Crippen molar-refractivity contribution in [3.63, 3.8) is 0 Å². The van der Waals surface area contributed by atoms with Crippen LogP contribution in [-0.4, -0.2) is 19.7 Å². The van der Waals surface area contributed by atoms with Crippen LogP contribution in [0.2, 0.25) is 0 Å². The van der Waals surface area contributed by atoms with Crippen LogP contribution < -0.4 is 0 Å². The highest BCUT2D eigenvalue weighted by Gasteiger charge is 2.18. The molecule has 28 heavy (non-hydrogen) atoms. The number of thioether (sulfide) groups is 1. The molecular formula is C21H22N4S3. The lowest BCUT2D eigenvalue weighted by Crippen LogP contribution is -2.04. The molecule has 0 radical (unpaired) electrons. The van der Waals surface area contributed by atoms with Crippen molar-refractivity contribution < 1.29 is 0 Å². The molecule has 3 heterocycles. The normalized spacial score (nSPS) is 11.5. The second-order valence-corrected chi connectivity index (χ2v) is 9.88. The summed E-state index contributed by atoms with van der Waals surface area (Å²) in [7, 11) is 0. The molecule has 7 heteroatoms. The summed E-state index contributed by atoms with van der Waals surface area (Å²) in [6.45, 7) is 8.60. The fraction of sp³-hybridized carbons (Fsp3) is 0.286. The van der Waals surface area contributed by atoms with Gasteiger partial charge in [-0.1, -0.05) is 36.0 Å². The zero-order valence-electron chi connectivity index (χ0n) is 16.3. The lowest BCUT2D eigenvalue weighted by atomic mass is 10.1. The van der Waals surface area contributed by atoms with Crippen LogP contribution in [0.1, 0.15) is 36.0 Å². The Morgan fingerprint density at radius 3 is 2.61 bits per heavy atom. The number of hydrogen-bond donors (Lipinski definition) is 0. The van der Waals surface area contributed by atoms with Gasteiger partial charge in [-0.2, -0.15) is 0 Å². The maximum Gasteiger partial charge on any atom is 0.192 e. The Morgan fingerprint density at radius 1 is 1.07 bits per heavy atom. The Kier molecular flexibility index (Phi) is 5.66. The summed E-state index contributed by atoms with van der Waals surface area (Å²) in [4.78, 5) is 6.13. The Labute approximate surface area is 177 Å². The van der Waals surface area contributed by atoms with E-state index in [1.807, 2.05) is 0 Å². The maximum absolute atomic E-state index is 4.84. The number of hydrogen-bond acceptors (Lipinski definition) is 6. The summed E-state index contributed by atoms with van der Waals surface area (Å²) in [6.07, 6.45) is 0. The Bertz CT molecular complexity index is 1090. The van der Waals surface area contributed by atoms with Crippen LogP contribution in [0.5, 0.6) is 0 Å². The minimum Gasteiger partial charge on any atom is -0.299 e. The van der Waals surface area contributed by atoms with Gasteiger partial charge in [0.1, 0.15) is 5.01 Å². The third kappa shape index (κ3) is 3.92. The van der Waals surface area contributed by atoms with Crippen LogP contribution in [0.3, 0.4) is 0 Å². The number of aromatic nitrogens is 4. The summed E-state index contributed by atoms with van der Waals surface area (Å²) in [5, 5.41) is 15.3. The molecule has 0 aliphatic heterocycles. The topological polar surface area (TPSA) is 43.6 Å². The molecule has 4 aromatic rings. The number of benzene rings is 1. The van der Waals surface area contributed by atoms with Gasteiger partial charge >= 0.3 is 0 Å². The van der Waals surface area contributed by atoms with Crippen molar-refractivity contribution in [1.82, 2.24) is 19.7 Å². The monoisotopic (exact) mass is 426 g/mol. The highest BCUT2D eigenvalue weighted by atomic mass is 32.2. The molecule has 4 rings (SSSR count). The Hall–Kier alpha value is -1.96. The van der Waals surface area contributed by atoms with Crippen LogP contribution in [-0.2, 0) is 5.75 Å². The van der Waals surface area contributed by atoms with Crippen molar-refractivity contribution in [2.75, 3.05) is 0 Å². The summed E-state index contributed by atoms with van der Waals surface area (Å²) < 4.78 is 2.22. The molecular weight excluding hydrogens is 404 g/mol. The van der Waals surface area contributed by atoms with E-state index in [1.165, 1.54) is 16.0 Å². The van der Waals surface area contributed by atoms with Gasteiger partial charge in [-0.05, 0) is 39.3 Å². The van der Waals surface area contributed by atoms with Crippen LogP contribution in [0.4, 0.5) is 0 Å². The van der Waals surface area contributed by atoms with E-state index >= 15 is 0 Å². The maximum atomic E-state index is 4.84. The Morgan fingerprint density at radius 2 is 1.89 bits per heavy atom. The molecule has 0 aliphatic rings. The number of aryl methyl sites for hydroxylation is 2. The third-order valence-corrected chi connectivity index (χ3v) is 7.21. The first-order chi connectivity index (χ1) is 13.5. The first kappa shape index (κ1) is 19.4. The van der Waals surface area contributed by atoms with Gasteiger partial charge in [0.25, 0.3) is 0 Å². The summed E-state index contributed by atoms with van der Waals surface area (Å²) >= 11 is 5.15. The van der Waals surface area contributed by atoms with Crippen LogP contribution in [0, 0.1) is 13.8 Å². The summed E-state index contributed by atoms with van der Waals surface area (Å²) in [6, 6.07) is 10.9. The highest BCUT2D eigenvalue weighted by Crippen LogP contribution is 2.33. The molecule has 0 saturated heterocycles. The second-order valence-electron chi connectivity index (χ2n) is 6.96. The quantitative estimate of drug-likeness (QED) is 0.325. The molecule has 0 atom stereocenters. The van der Waals surface area contributed by atoms with E-state index in [4.69, 9.17) is 4.98 Å². The van der Waals surface area contributed by atoms with Gasteiger partial charge in [0, 0.05) is 38.6 Å². The van der Waals surface area contributed by atoms with Gasteiger partial charge in [-0.3, -0.25) is 4.57 Å². The smallest absolute Gasteiger partial charge is 0.192 e. The number of thiophene rings is 1. The average Bonchev–Trinajstić information content (AvgIpc) is 3.39. The zero-order chi connectivity index (χ0) is 19.7. The SMILES string of the molecule is Cc1cc(-c2nnc(SCc3csc(-c4ccccc4C)n3)n2C(C)C)cs1. The molecule has 0 amide bonds. The van der Waals surface area contributed by atoms with Crippen molar-refractivity contribution in [3.8, 4) is 22.0 Å². The predicted molar refractivity (Wildman–Crippen MR) is 120 cm³/mol. The molecule has 4 nitrogen and oxygen atoms in total. The fourth-order valence-corrected chi connectivity index (χ4v) is 5.70. The highest BCUT2D eigenvalue weighted by molar-refractivity contribution is 7.98. The molecule has 0 aliphatic carbocycles. The molecule has 0 unspecified atom stereocenters. The lowest BCUT2D eigenvalue weighted by Gasteiger charge is -2.12. The zero-order valence-corrected chi connectivity index (χ0v) is 18.8. The predicted octanol–water partition coefficient (Wildman–Crippen LogP) is 6.62. The van der Waals surface area contributed by atoms with Gasteiger partial charge in [-0.15, -0.1) is 32.9 Å². The first-order valence-electron chi connectivity index (χ1n) is 9.16. The molecule has 1 aromatic carbocycles. The summed E-state index contributed by atoms with van der Waals surface area (Å²) in [5.41, 5.74) is 4.70. The molecule has 3 aromatic heterocycles. The lowest BCUT2D eigenvalue weighted by molar-refractivity contribution is 0.555. The van der Waals surface area contributed by atoms with E-state index in [1.54, 1.807) is 34.4 Å². The standard InChI is InChI=1S/C21H22N4S3/c1-13(2)25-19(16-9-15(4)26-10-16)23-24-21(25)28-12-17-11-27-20(22-17)18-8-6-5-7-14(18)3/h5-11,13H,12H2,1-4H3. The Balaban J connectivity index is 1.54. The van der Waals surface area contributed by atoms with E-state index in [0.29, 0.717) is 6.04 Å². The second kappa shape index (κ2) is 8.19. The van der Waals surface area contributed by atoms with E-state index in [9.17, 15) is 0 Å². The van der Waals surface area contributed by atoms with E-state index in [2.05, 4.69) is 83.6 Å². The van der Waals surface area contributed by atoms with Crippen LogP contribution in [0.25, 0.3) is 22.0 Å². The minimum atomic E-state index is 0.297. The van der Waals surface area contributed by atoms with Gasteiger partial charge in [0.15, 0.2) is 11.0 Å². The average molecular weight is 427 g/mol. The molecule has 0 saturated carbocycles. The molecule has 0 bridgehead atoms. The number of nitrogens with zero attached hydrogens (tertiary/aromatic N) is 4. The first-order valence-corrected chi connectivity index (χ1v) is 11.9. The van der Waals surface area contributed by atoms with Gasteiger partial charge in [-0.25, -0.2) is 4.98 Å². The van der Waals surface area contributed by atoms with Crippen molar-refractivity contribution in [2.45, 2.75) is 44.6 Å². The fourth-order valence-electron chi connectivity index (χ4n) is 3.05. The number of thiazole rings is 1. The van der Waals surface area contributed by atoms with Crippen molar-refractivity contribution in [1.29, 1.82) is 0 Å². The van der Waals surface area contributed by atoms with Gasteiger partial charge < -0.3 is 0 Å². The van der Waals surface area contributed by atoms with E-state index in [-0.39, 0.29) is 0 Å². The van der Waals surface area contributed by atoms with E-state index in [0.717, 1.165) is 33.0 Å². The van der Waals surface area contributed by atoms with Crippen LogP contribution >= 0.6 is 34.4 Å². The summed E-state index contributed by atoms with van der Waals surface area (Å²) in [5.74, 6) is 1.73. The van der Waals surface area contributed by atoms with E-state index < -0.39 is 0 Å².